The largest absolute Gasteiger partial charge is 0.545 e. The number of esters is 3. The van der Waals surface area contributed by atoms with Gasteiger partial charge in [-0.2, -0.15) is 0 Å². The Hall–Kier alpha value is -2.90. The van der Waals surface area contributed by atoms with Gasteiger partial charge in [-0.15, -0.1) is 0 Å². The minimum atomic E-state index is -1.42. The minimum absolute atomic E-state index is 0.0215. The summed E-state index contributed by atoms with van der Waals surface area (Å²) in [6.07, 6.45) is 6.58. The van der Waals surface area contributed by atoms with E-state index < -0.39 is 11.9 Å². The fraction of sp³-hybridized carbons (Fsp3) is 0.615. The average Bonchev–Trinajstić information content (AvgIpc) is 2.81. The molecule has 0 spiro atoms. The molecular weight excluding hydrogens is 440 g/mol. The summed E-state index contributed by atoms with van der Waals surface area (Å²) in [4.78, 5) is 47.0. The summed E-state index contributed by atoms with van der Waals surface area (Å²) in [7, 11) is 0. The lowest BCUT2D eigenvalue weighted by atomic mass is 10.1. The van der Waals surface area contributed by atoms with E-state index in [1.165, 1.54) is 18.2 Å². The lowest BCUT2D eigenvalue weighted by molar-refractivity contribution is -0.255. The van der Waals surface area contributed by atoms with Crippen molar-refractivity contribution in [2.24, 2.45) is 0 Å². The average molecular weight is 478 g/mol. The fourth-order valence-corrected chi connectivity index (χ4v) is 3.31. The number of unbranched alkanes of at least 4 members (excludes halogenated alkanes) is 3. The van der Waals surface area contributed by atoms with Gasteiger partial charge in [-0.3, -0.25) is 9.59 Å². The van der Waals surface area contributed by atoms with Crippen LogP contribution in [0, 0.1) is 0 Å². The molecule has 0 bridgehead atoms. The maximum Gasteiger partial charge on any atom is 0.339 e. The van der Waals surface area contributed by atoms with Crippen LogP contribution in [0.5, 0.6) is 0 Å². The standard InChI is InChI=1S/C26H38O8/c1-3-5-18-32-23(27)16-8-9-17-24(28)33-19-11-10-13-20(12-4-2)34-26(31)22-15-7-6-14-21(22)25(29)30/h6-7,14-15,20H,3-5,8-13,16-19H2,1-2H3,(H,29,30)/p-1. The first-order valence-electron chi connectivity index (χ1n) is 12.2. The Morgan fingerprint density at radius 2 is 1.35 bits per heavy atom. The van der Waals surface area contributed by atoms with E-state index in [-0.39, 0.29) is 42.2 Å². The van der Waals surface area contributed by atoms with Crippen molar-refractivity contribution in [2.75, 3.05) is 13.2 Å². The highest BCUT2D eigenvalue weighted by Crippen LogP contribution is 2.16. The van der Waals surface area contributed by atoms with E-state index >= 15 is 0 Å². The van der Waals surface area contributed by atoms with Gasteiger partial charge in [0, 0.05) is 18.4 Å². The zero-order valence-corrected chi connectivity index (χ0v) is 20.3. The van der Waals surface area contributed by atoms with Crippen molar-refractivity contribution >= 4 is 23.9 Å². The molecule has 1 unspecified atom stereocenters. The van der Waals surface area contributed by atoms with Gasteiger partial charge in [0.05, 0.1) is 24.7 Å². The molecule has 8 nitrogen and oxygen atoms in total. The lowest BCUT2D eigenvalue weighted by Crippen LogP contribution is -2.26. The molecule has 0 aromatic heterocycles. The predicted molar refractivity (Wildman–Crippen MR) is 124 cm³/mol. The van der Waals surface area contributed by atoms with Crippen LogP contribution in [0.25, 0.3) is 0 Å². The fourth-order valence-electron chi connectivity index (χ4n) is 3.31. The summed E-state index contributed by atoms with van der Waals surface area (Å²) in [5, 5.41) is 11.2. The molecule has 1 aromatic rings. The van der Waals surface area contributed by atoms with Gasteiger partial charge in [-0.1, -0.05) is 44.9 Å². The first kappa shape index (κ1) is 29.1. The van der Waals surface area contributed by atoms with E-state index in [0.717, 1.165) is 19.3 Å². The second kappa shape index (κ2) is 17.6. The molecule has 8 heteroatoms. The molecule has 0 heterocycles. The van der Waals surface area contributed by atoms with Gasteiger partial charge >= 0.3 is 17.9 Å². The second-order valence-corrected chi connectivity index (χ2v) is 8.15. The molecular formula is C26H37O8-. The first-order chi connectivity index (χ1) is 16.4. The molecule has 0 saturated carbocycles. The highest BCUT2D eigenvalue weighted by atomic mass is 16.5. The third kappa shape index (κ3) is 12.4. The zero-order valence-electron chi connectivity index (χ0n) is 20.3. The number of carbonyl (C=O) groups is 4. The van der Waals surface area contributed by atoms with E-state index in [2.05, 4.69) is 0 Å². The smallest absolute Gasteiger partial charge is 0.339 e. The Labute approximate surface area is 202 Å². The van der Waals surface area contributed by atoms with Crippen molar-refractivity contribution < 1.29 is 38.5 Å². The molecule has 0 saturated heterocycles. The Morgan fingerprint density at radius 1 is 0.765 bits per heavy atom. The number of ether oxygens (including phenoxy) is 3. The summed E-state index contributed by atoms with van der Waals surface area (Å²) in [6.45, 7) is 4.73. The molecule has 0 radical (unpaired) electrons. The van der Waals surface area contributed by atoms with Gasteiger partial charge in [0.2, 0.25) is 0 Å². The molecule has 0 N–H and O–H groups in total. The molecule has 1 rings (SSSR count). The maximum atomic E-state index is 12.5. The third-order valence-corrected chi connectivity index (χ3v) is 5.21. The third-order valence-electron chi connectivity index (χ3n) is 5.21. The monoisotopic (exact) mass is 477 g/mol. The van der Waals surface area contributed by atoms with Crippen LogP contribution in [0.3, 0.4) is 0 Å². The molecule has 0 amide bonds. The van der Waals surface area contributed by atoms with Crippen molar-refractivity contribution in [1.82, 2.24) is 0 Å². The number of carbonyl (C=O) groups excluding carboxylic acids is 4. The predicted octanol–water partition coefficient (Wildman–Crippen LogP) is 3.99. The number of rotatable bonds is 18. The van der Waals surface area contributed by atoms with E-state index in [1.54, 1.807) is 6.07 Å². The number of carboxylic acid groups (broad SMARTS) is 1. The van der Waals surface area contributed by atoms with Crippen LogP contribution >= 0.6 is 0 Å². The van der Waals surface area contributed by atoms with Crippen LogP contribution < -0.4 is 5.11 Å². The topological polar surface area (TPSA) is 119 Å². The molecule has 0 fully saturated rings. The summed E-state index contributed by atoms with van der Waals surface area (Å²) >= 11 is 0. The van der Waals surface area contributed by atoms with Gasteiger partial charge in [0.1, 0.15) is 6.10 Å². The maximum absolute atomic E-state index is 12.5. The zero-order chi connectivity index (χ0) is 25.2. The number of carboxylic acids is 1. The second-order valence-electron chi connectivity index (χ2n) is 8.15. The highest BCUT2D eigenvalue weighted by Gasteiger charge is 2.18. The summed E-state index contributed by atoms with van der Waals surface area (Å²) in [5.41, 5.74) is -0.213. The number of hydrogen-bond donors (Lipinski definition) is 0. The van der Waals surface area contributed by atoms with Crippen LogP contribution in [0.1, 0.15) is 105 Å². The Balaban J connectivity index is 2.25. The van der Waals surface area contributed by atoms with Crippen LogP contribution in [0.15, 0.2) is 24.3 Å². The normalized spacial score (nSPS) is 11.5. The molecule has 0 aliphatic rings. The molecule has 1 atom stereocenters. The Bertz CT molecular complexity index is 774. The summed E-state index contributed by atoms with van der Waals surface area (Å²) in [5.74, 6) is -2.63. The van der Waals surface area contributed by atoms with Crippen molar-refractivity contribution in [3.8, 4) is 0 Å². The van der Waals surface area contributed by atoms with E-state index in [1.807, 2.05) is 13.8 Å². The van der Waals surface area contributed by atoms with Crippen molar-refractivity contribution in [2.45, 2.75) is 90.6 Å². The molecule has 0 aliphatic carbocycles. The van der Waals surface area contributed by atoms with Gasteiger partial charge < -0.3 is 24.1 Å². The summed E-state index contributed by atoms with van der Waals surface area (Å²) in [6, 6.07) is 5.82. The van der Waals surface area contributed by atoms with Gasteiger partial charge in [-0.25, -0.2) is 4.79 Å². The molecule has 34 heavy (non-hydrogen) atoms. The molecule has 0 aliphatic heterocycles. The van der Waals surface area contributed by atoms with Gasteiger partial charge in [0.15, 0.2) is 0 Å². The quantitative estimate of drug-likeness (QED) is 0.177. The lowest BCUT2D eigenvalue weighted by Gasteiger charge is -2.18. The number of hydrogen-bond acceptors (Lipinski definition) is 8. The van der Waals surface area contributed by atoms with Crippen molar-refractivity contribution in [3.05, 3.63) is 35.4 Å². The Kier molecular flexibility index (Phi) is 15.0. The van der Waals surface area contributed by atoms with E-state index in [0.29, 0.717) is 51.6 Å². The van der Waals surface area contributed by atoms with Crippen LogP contribution in [-0.2, 0) is 23.8 Å². The van der Waals surface area contributed by atoms with E-state index in [4.69, 9.17) is 14.2 Å². The van der Waals surface area contributed by atoms with Crippen molar-refractivity contribution in [1.29, 1.82) is 0 Å². The first-order valence-corrected chi connectivity index (χ1v) is 12.2. The number of benzene rings is 1. The van der Waals surface area contributed by atoms with Gasteiger partial charge in [-0.05, 0) is 51.0 Å². The van der Waals surface area contributed by atoms with Crippen molar-refractivity contribution in [3.63, 3.8) is 0 Å². The highest BCUT2D eigenvalue weighted by molar-refractivity contribution is 6.01. The molecule has 1 aromatic carbocycles. The Morgan fingerprint density at radius 3 is 1.91 bits per heavy atom. The van der Waals surface area contributed by atoms with Crippen LogP contribution in [-0.4, -0.2) is 43.2 Å². The van der Waals surface area contributed by atoms with Crippen LogP contribution in [0.2, 0.25) is 0 Å². The van der Waals surface area contributed by atoms with Crippen LogP contribution in [0.4, 0.5) is 0 Å². The number of aromatic carboxylic acids is 1. The van der Waals surface area contributed by atoms with E-state index in [9.17, 15) is 24.3 Å². The summed E-state index contributed by atoms with van der Waals surface area (Å²) < 4.78 is 15.8. The SMILES string of the molecule is CCCCOC(=O)CCCCC(=O)OCCCCC(CCC)OC(=O)c1ccccc1C(=O)[O-]. The van der Waals surface area contributed by atoms with Gasteiger partial charge in [0.25, 0.3) is 0 Å². The molecule has 190 valence electrons. The minimum Gasteiger partial charge on any atom is -0.545 e.